The Balaban J connectivity index is 2.64. The maximum absolute atomic E-state index is 11.5. The van der Waals surface area contributed by atoms with Crippen molar-refractivity contribution in [3.8, 4) is 0 Å². The topological polar surface area (TPSA) is 42.9 Å². The highest BCUT2D eigenvalue weighted by Crippen LogP contribution is 2.24. The summed E-state index contributed by atoms with van der Waals surface area (Å²) in [6.45, 7) is 10.5. The van der Waals surface area contributed by atoms with Crippen molar-refractivity contribution >= 4 is 18.6 Å². The zero-order valence-electron chi connectivity index (χ0n) is 10.9. The molecule has 0 aromatic heterocycles. The molecule has 94 valence electrons. The van der Waals surface area contributed by atoms with Crippen LogP contribution in [0.1, 0.15) is 47.5 Å². The summed E-state index contributed by atoms with van der Waals surface area (Å²) in [6, 6.07) is 0. The number of carbonyl (C=O) groups excluding carboxylic acids is 1. The van der Waals surface area contributed by atoms with Crippen molar-refractivity contribution in [1.82, 2.24) is 0 Å². The summed E-state index contributed by atoms with van der Waals surface area (Å²) in [4.78, 5) is 11.5. The molecule has 1 fully saturated rings. The van der Waals surface area contributed by atoms with Gasteiger partial charge in [0.15, 0.2) is 0 Å². The van der Waals surface area contributed by atoms with Crippen molar-refractivity contribution in [2.45, 2.75) is 69.9 Å². The summed E-state index contributed by atoms with van der Waals surface area (Å²) >= 11 is 4.10. The summed E-state index contributed by atoms with van der Waals surface area (Å²) in [6.07, 6.45) is 1.84. The van der Waals surface area contributed by atoms with E-state index >= 15 is 0 Å². The largest absolute Gasteiger partial charge is 0.461 e. The van der Waals surface area contributed by atoms with Crippen LogP contribution in [0, 0.1) is 0 Å². The molecule has 0 saturated carbocycles. The first-order valence-electron chi connectivity index (χ1n) is 5.87. The van der Waals surface area contributed by atoms with Crippen LogP contribution in [0.4, 0.5) is 0 Å². The summed E-state index contributed by atoms with van der Waals surface area (Å²) in [5.74, 6) is -0.207. The van der Waals surface area contributed by atoms with E-state index in [1.807, 2.05) is 0 Å². The Morgan fingerprint density at radius 3 is 2.12 bits per heavy atom. The fourth-order valence-corrected chi connectivity index (χ4v) is 2.83. The molecule has 0 aromatic carbocycles. The van der Waals surface area contributed by atoms with Crippen LogP contribution >= 0.6 is 12.6 Å². The van der Waals surface area contributed by atoms with Crippen LogP contribution in [0.5, 0.6) is 0 Å². The quantitative estimate of drug-likeness (QED) is 0.566. The number of hydrogen-bond donors (Lipinski definition) is 2. The van der Waals surface area contributed by atoms with Crippen LogP contribution in [0.3, 0.4) is 0 Å². The number of thiol groups is 1. The Bertz CT molecular complexity index is 258. The van der Waals surface area contributed by atoms with Crippen LogP contribution < -0.4 is 5.32 Å². The molecule has 1 aliphatic heterocycles. The SMILES string of the molecule is CC(S)C(=O)OC1CC(C)(C)[NH2+]C(C)(C)C1. The smallest absolute Gasteiger partial charge is 0.318 e. The minimum Gasteiger partial charge on any atom is -0.461 e. The predicted octanol–water partition coefficient (Wildman–Crippen LogP) is 1.13. The summed E-state index contributed by atoms with van der Waals surface area (Å²) in [5, 5.41) is 2.03. The fraction of sp³-hybridized carbons (Fsp3) is 0.917. The zero-order chi connectivity index (χ0) is 12.6. The molecule has 1 saturated heterocycles. The summed E-state index contributed by atoms with van der Waals surface area (Å²) in [5.41, 5.74) is 0.263. The molecule has 3 nitrogen and oxygen atoms in total. The molecule has 0 aromatic rings. The molecule has 0 bridgehead atoms. The number of esters is 1. The molecule has 2 N–H and O–H groups in total. The molecule has 1 unspecified atom stereocenters. The van der Waals surface area contributed by atoms with Gasteiger partial charge in [-0.05, 0) is 34.6 Å². The highest BCUT2D eigenvalue weighted by atomic mass is 32.1. The second-order valence-electron chi connectivity index (χ2n) is 6.26. The van der Waals surface area contributed by atoms with E-state index in [0.29, 0.717) is 0 Å². The fourth-order valence-electron chi connectivity index (χ4n) is 2.77. The minimum atomic E-state index is -0.336. The monoisotopic (exact) mass is 246 g/mol. The van der Waals surface area contributed by atoms with Crippen LogP contribution in [0.2, 0.25) is 0 Å². The van der Waals surface area contributed by atoms with Gasteiger partial charge >= 0.3 is 5.97 Å². The number of ether oxygens (including phenoxy) is 1. The molecule has 0 radical (unpaired) electrons. The first-order valence-corrected chi connectivity index (χ1v) is 6.39. The van der Waals surface area contributed by atoms with Crippen molar-refractivity contribution in [2.24, 2.45) is 0 Å². The molecule has 0 amide bonds. The van der Waals surface area contributed by atoms with Gasteiger partial charge in [-0.15, -0.1) is 0 Å². The van der Waals surface area contributed by atoms with Crippen LogP contribution in [0.25, 0.3) is 0 Å². The Labute approximate surface area is 104 Å². The number of quaternary nitrogens is 1. The Morgan fingerprint density at radius 2 is 1.75 bits per heavy atom. The first-order chi connectivity index (χ1) is 7.11. The molecule has 0 aliphatic carbocycles. The van der Waals surface area contributed by atoms with Crippen molar-refractivity contribution in [3.05, 3.63) is 0 Å². The van der Waals surface area contributed by atoms with Gasteiger partial charge in [0, 0.05) is 12.8 Å². The van der Waals surface area contributed by atoms with Gasteiger partial charge in [0.2, 0.25) is 0 Å². The van der Waals surface area contributed by atoms with E-state index in [2.05, 4.69) is 45.6 Å². The van der Waals surface area contributed by atoms with Gasteiger partial charge in [0.1, 0.15) is 6.10 Å². The zero-order valence-corrected chi connectivity index (χ0v) is 11.8. The molecule has 1 rings (SSSR count). The average molecular weight is 246 g/mol. The van der Waals surface area contributed by atoms with Crippen LogP contribution in [0.15, 0.2) is 0 Å². The predicted molar refractivity (Wildman–Crippen MR) is 67.6 cm³/mol. The normalized spacial score (nSPS) is 26.1. The number of rotatable bonds is 2. The average Bonchev–Trinajstić information content (AvgIpc) is 1.96. The molecule has 1 atom stereocenters. The lowest BCUT2D eigenvalue weighted by Gasteiger charge is -2.42. The van der Waals surface area contributed by atoms with E-state index < -0.39 is 0 Å². The molecular weight excluding hydrogens is 222 g/mol. The van der Waals surface area contributed by atoms with E-state index in [1.54, 1.807) is 6.92 Å². The molecule has 4 heteroatoms. The molecule has 16 heavy (non-hydrogen) atoms. The Morgan fingerprint density at radius 1 is 1.31 bits per heavy atom. The number of piperidine rings is 1. The van der Waals surface area contributed by atoms with Gasteiger partial charge in [0.25, 0.3) is 0 Å². The highest BCUT2D eigenvalue weighted by Gasteiger charge is 2.43. The standard InChI is InChI=1S/C12H23NO2S/c1-8(16)10(14)15-9-6-11(2,3)13-12(4,5)7-9/h8-9,13,16H,6-7H2,1-5H3/p+1. The number of hydrogen-bond acceptors (Lipinski definition) is 3. The third-order valence-electron chi connectivity index (χ3n) is 2.91. The second-order valence-corrected chi connectivity index (χ2v) is 7.04. The van der Waals surface area contributed by atoms with Crippen molar-refractivity contribution in [2.75, 3.05) is 0 Å². The van der Waals surface area contributed by atoms with E-state index in [0.717, 1.165) is 12.8 Å². The maximum atomic E-state index is 11.5. The van der Waals surface area contributed by atoms with Crippen LogP contribution in [-0.2, 0) is 9.53 Å². The third-order valence-corrected chi connectivity index (χ3v) is 3.12. The summed E-state index contributed by atoms with van der Waals surface area (Å²) in [7, 11) is 0. The highest BCUT2D eigenvalue weighted by molar-refractivity contribution is 7.81. The van der Waals surface area contributed by atoms with Crippen LogP contribution in [-0.4, -0.2) is 28.4 Å². The minimum absolute atomic E-state index is 0.0251. The third kappa shape index (κ3) is 3.98. The van der Waals surface area contributed by atoms with E-state index in [9.17, 15) is 4.79 Å². The van der Waals surface area contributed by atoms with Gasteiger partial charge in [-0.3, -0.25) is 4.79 Å². The molecule has 0 spiro atoms. The van der Waals surface area contributed by atoms with Gasteiger partial charge in [0.05, 0.1) is 16.3 Å². The first kappa shape index (κ1) is 13.8. The number of nitrogens with two attached hydrogens (primary N) is 1. The van der Waals surface area contributed by atoms with Crippen molar-refractivity contribution < 1.29 is 14.8 Å². The lowest BCUT2D eigenvalue weighted by atomic mass is 9.81. The van der Waals surface area contributed by atoms with Gasteiger partial charge in [-0.1, -0.05) is 0 Å². The lowest BCUT2D eigenvalue weighted by molar-refractivity contribution is -0.789. The van der Waals surface area contributed by atoms with E-state index in [1.165, 1.54) is 0 Å². The second kappa shape index (κ2) is 4.57. The van der Waals surface area contributed by atoms with E-state index in [4.69, 9.17) is 4.74 Å². The van der Waals surface area contributed by atoms with Crippen molar-refractivity contribution in [1.29, 1.82) is 0 Å². The lowest BCUT2D eigenvalue weighted by Crippen LogP contribution is -3.06. The number of carbonyl (C=O) groups is 1. The molecule has 1 aliphatic rings. The summed E-state index contributed by atoms with van der Waals surface area (Å²) < 4.78 is 5.49. The molecule has 1 heterocycles. The van der Waals surface area contributed by atoms with E-state index in [-0.39, 0.29) is 28.4 Å². The maximum Gasteiger partial charge on any atom is 0.318 e. The Kier molecular flexibility index (Phi) is 3.95. The van der Waals surface area contributed by atoms with Gasteiger partial charge in [-0.25, -0.2) is 0 Å². The molecular formula is C12H24NO2S+. The van der Waals surface area contributed by atoms with Gasteiger partial charge < -0.3 is 10.1 Å². The van der Waals surface area contributed by atoms with Gasteiger partial charge in [-0.2, -0.15) is 12.6 Å². The van der Waals surface area contributed by atoms with Crippen molar-refractivity contribution in [3.63, 3.8) is 0 Å². The Hall–Kier alpha value is -0.220.